The van der Waals surface area contributed by atoms with Crippen LogP contribution >= 0.6 is 15.9 Å². The van der Waals surface area contributed by atoms with Gasteiger partial charge in [0.1, 0.15) is 5.78 Å². The molecule has 96 valence electrons. The third-order valence-corrected chi connectivity index (χ3v) is 3.99. The van der Waals surface area contributed by atoms with Gasteiger partial charge in [-0.25, -0.2) is 0 Å². The minimum atomic E-state index is 0.0653. The van der Waals surface area contributed by atoms with Crippen molar-refractivity contribution >= 4 is 32.6 Å². The Balaban J connectivity index is 2.39. The van der Waals surface area contributed by atoms with Gasteiger partial charge in [-0.15, -0.1) is 0 Å². The third-order valence-electron chi connectivity index (χ3n) is 3.43. The topological polar surface area (TPSA) is 22.0 Å². The number of alkyl halides is 1. The van der Waals surface area contributed by atoms with Crippen LogP contribution in [0.3, 0.4) is 0 Å². The Morgan fingerprint density at radius 3 is 2.83 bits per heavy atom. The van der Waals surface area contributed by atoms with Gasteiger partial charge >= 0.3 is 0 Å². The molecule has 0 amide bonds. The van der Waals surface area contributed by atoms with E-state index in [1.54, 1.807) is 0 Å². The van der Waals surface area contributed by atoms with E-state index in [2.05, 4.69) is 58.9 Å². The lowest BCUT2D eigenvalue weighted by Gasteiger charge is -2.07. The van der Waals surface area contributed by atoms with E-state index in [0.717, 1.165) is 6.42 Å². The quantitative estimate of drug-likeness (QED) is 0.791. The molecular formula is C15H18BrNO. The van der Waals surface area contributed by atoms with Crippen molar-refractivity contribution in [2.45, 2.75) is 20.3 Å². The number of hydrogen-bond acceptors (Lipinski definition) is 1. The van der Waals surface area contributed by atoms with Gasteiger partial charge < -0.3 is 4.57 Å². The summed E-state index contributed by atoms with van der Waals surface area (Å²) in [6.45, 7) is 4.10. The fraction of sp³-hybridized carbons (Fsp3) is 0.400. The molecule has 0 saturated carbocycles. The van der Waals surface area contributed by atoms with Crippen LogP contribution in [0.4, 0.5) is 0 Å². The molecule has 2 aromatic rings. The molecule has 0 spiro atoms. The van der Waals surface area contributed by atoms with Crippen molar-refractivity contribution < 1.29 is 4.79 Å². The predicted molar refractivity (Wildman–Crippen MR) is 79.3 cm³/mol. The maximum atomic E-state index is 11.7. The van der Waals surface area contributed by atoms with E-state index in [1.807, 2.05) is 6.92 Å². The summed E-state index contributed by atoms with van der Waals surface area (Å²) in [4.78, 5) is 11.7. The lowest BCUT2D eigenvalue weighted by atomic mass is 9.97. The average molecular weight is 308 g/mol. The molecule has 2 nitrogen and oxygen atoms in total. The highest BCUT2D eigenvalue weighted by Crippen LogP contribution is 2.24. The van der Waals surface area contributed by atoms with Crippen LogP contribution in [0.1, 0.15) is 18.1 Å². The Morgan fingerprint density at radius 2 is 2.17 bits per heavy atom. The van der Waals surface area contributed by atoms with Gasteiger partial charge in [-0.05, 0) is 31.0 Å². The molecule has 0 unspecified atom stereocenters. The minimum Gasteiger partial charge on any atom is -0.350 e. The minimum absolute atomic E-state index is 0.0653. The zero-order valence-electron chi connectivity index (χ0n) is 11.0. The number of hydrogen-bond donors (Lipinski definition) is 0. The first-order chi connectivity index (χ1) is 8.52. The summed E-state index contributed by atoms with van der Waals surface area (Å²) in [7, 11) is 2.05. The highest BCUT2D eigenvalue weighted by Gasteiger charge is 2.15. The first kappa shape index (κ1) is 13.3. The number of aromatic nitrogens is 1. The molecule has 2 rings (SSSR count). The van der Waals surface area contributed by atoms with Crippen LogP contribution in [0.5, 0.6) is 0 Å². The molecule has 0 aliphatic carbocycles. The Hall–Kier alpha value is -1.09. The summed E-state index contributed by atoms with van der Waals surface area (Å²) in [5.74, 6) is 0.329. The van der Waals surface area contributed by atoms with Crippen LogP contribution < -0.4 is 0 Å². The van der Waals surface area contributed by atoms with Gasteiger partial charge in [0.25, 0.3) is 0 Å². The number of aryl methyl sites for hydroxylation is 2. The Kier molecular flexibility index (Phi) is 3.91. The van der Waals surface area contributed by atoms with Gasteiger partial charge in [0.05, 0.1) is 5.33 Å². The van der Waals surface area contributed by atoms with E-state index in [4.69, 9.17) is 0 Å². The normalized spacial score (nSPS) is 12.9. The van der Waals surface area contributed by atoms with Gasteiger partial charge in [0.2, 0.25) is 0 Å². The van der Waals surface area contributed by atoms with Crippen molar-refractivity contribution in [2.24, 2.45) is 13.0 Å². The van der Waals surface area contributed by atoms with Crippen LogP contribution in [0.25, 0.3) is 10.9 Å². The Morgan fingerprint density at radius 1 is 1.44 bits per heavy atom. The molecule has 0 fully saturated rings. The molecule has 0 bridgehead atoms. The van der Waals surface area contributed by atoms with E-state index in [1.165, 1.54) is 22.0 Å². The average Bonchev–Trinajstić information content (AvgIpc) is 2.64. The standard InChI is InChI=1S/C15H18BrNO/c1-10-4-5-14-13(6-10)12(9-17(14)3)7-11(2)15(18)8-16/h4-6,9,11H,7-8H2,1-3H3/t11-/m0/s1. The molecule has 1 heterocycles. The molecule has 0 radical (unpaired) electrons. The summed E-state index contributed by atoms with van der Waals surface area (Å²) in [5.41, 5.74) is 3.75. The number of rotatable bonds is 4. The zero-order valence-corrected chi connectivity index (χ0v) is 12.6. The van der Waals surface area contributed by atoms with Crippen molar-refractivity contribution in [3.8, 4) is 0 Å². The summed E-state index contributed by atoms with van der Waals surface area (Å²) < 4.78 is 2.13. The summed E-state index contributed by atoms with van der Waals surface area (Å²) in [6, 6.07) is 6.47. The number of halogens is 1. The molecule has 1 atom stereocenters. The number of Topliss-reactive ketones (excluding diaryl/α,β-unsaturated/α-hetero) is 1. The highest BCUT2D eigenvalue weighted by molar-refractivity contribution is 9.09. The fourth-order valence-corrected chi connectivity index (χ4v) is 2.88. The second-order valence-corrected chi connectivity index (χ2v) is 5.55. The van der Waals surface area contributed by atoms with E-state index in [9.17, 15) is 4.79 Å². The molecule has 3 heteroatoms. The monoisotopic (exact) mass is 307 g/mol. The molecule has 1 aromatic carbocycles. The van der Waals surface area contributed by atoms with Crippen molar-refractivity contribution in [3.63, 3.8) is 0 Å². The van der Waals surface area contributed by atoms with E-state index in [0.29, 0.717) is 5.33 Å². The first-order valence-electron chi connectivity index (χ1n) is 6.16. The molecule has 18 heavy (non-hydrogen) atoms. The maximum Gasteiger partial charge on any atom is 0.146 e. The van der Waals surface area contributed by atoms with Crippen molar-refractivity contribution in [1.82, 2.24) is 4.57 Å². The van der Waals surface area contributed by atoms with Gasteiger partial charge in [-0.3, -0.25) is 4.79 Å². The van der Waals surface area contributed by atoms with Crippen LogP contribution in [-0.4, -0.2) is 15.7 Å². The second-order valence-electron chi connectivity index (χ2n) is 4.99. The van der Waals surface area contributed by atoms with E-state index < -0.39 is 0 Å². The molecule has 0 N–H and O–H groups in total. The van der Waals surface area contributed by atoms with Crippen LogP contribution in [0.15, 0.2) is 24.4 Å². The lowest BCUT2D eigenvalue weighted by molar-refractivity contribution is -0.119. The first-order valence-corrected chi connectivity index (χ1v) is 7.28. The number of fused-ring (bicyclic) bond motifs is 1. The SMILES string of the molecule is Cc1ccc2c(c1)c(C[C@H](C)C(=O)CBr)cn2C. The summed E-state index contributed by atoms with van der Waals surface area (Å²) in [5, 5.41) is 1.71. The van der Waals surface area contributed by atoms with Crippen molar-refractivity contribution in [1.29, 1.82) is 0 Å². The molecule has 1 aromatic heterocycles. The van der Waals surface area contributed by atoms with Crippen LogP contribution in [-0.2, 0) is 18.3 Å². The summed E-state index contributed by atoms with van der Waals surface area (Å²) >= 11 is 3.24. The van der Waals surface area contributed by atoms with Gasteiger partial charge in [0, 0.05) is 30.1 Å². The molecule has 0 aliphatic heterocycles. The maximum absolute atomic E-state index is 11.7. The van der Waals surface area contributed by atoms with Crippen molar-refractivity contribution in [2.75, 3.05) is 5.33 Å². The summed E-state index contributed by atoms with van der Waals surface area (Å²) in [6.07, 6.45) is 2.95. The van der Waals surface area contributed by atoms with Gasteiger partial charge in [-0.1, -0.05) is 34.5 Å². The predicted octanol–water partition coefficient (Wildman–Crippen LogP) is 3.63. The Labute approximate surface area is 116 Å². The van der Waals surface area contributed by atoms with Crippen LogP contribution in [0, 0.1) is 12.8 Å². The van der Waals surface area contributed by atoms with Crippen molar-refractivity contribution in [3.05, 3.63) is 35.5 Å². The number of ketones is 1. The molecule has 0 aliphatic rings. The number of carbonyl (C=O) groups excluding carboxylic acids is 1. The van der Waals surface area contributed by atoms with Gasteiger partial charge in [-0.2, -0.15) is 0 Å². The highest BCUT2D eigenvalue weighted by atomic mass is 79.9. The zero-order chi connectivity index (χ0) is 13.3. The largest absolute Gasteiger partial charge is 0.350 e. The van der Waals surface area contributed by atoms with E-state index in [-0.39, 0.29) is 11.7 Å². The number of benzene rings is 1. The molecule has 0 saturated heterocycles. The van der Waals surface area contributed by atoms with Gasteiger partial charge in [0.15, 0.2) is 0 Å². The molecular weight excluding hydrogens is 290 g/mol. The fourth-order valence-electron chi connectivity index (χ4n) is 2.33. The third kappa shape index (κ3) is 2.51. The van der Waals surface area contributed by atoms with Crippen LogP contribution in [0.2, 0.25) is 0 Å². The Bertz CT molecular complexity index is 585. The smallest absolute Gasteiger partial charge is 0.146 e. The van der Waals surface area contributed by atoms with E-state index >= 15 is 0 Å². The lowest BCUT2D eigenvalue weighted by Crippen LogP contribution is -2.14. The number of carbonyl (C=O) groups is 1. The second kappa shape index (κ2) is 5.27. The number of nitrogens with zero attached hydrogens (tertiary/aromatic N) is 1.